The van der Waals surface area contributed by atoms with Gasteiger partial charge in [-0.1, -0.05) is 13.3 Å². The monoisotopic (exact) mass is 253 g/mol. The van der Waals surface area contributed by atoms with Crippen molar-refractivity contribution in [3.05, 3.63) is 22.6 Å². The van der Waals surface area contributed by atoms with E-state index in [0.717, 1.165) is 5.56 Å². The Labute approximate surface area is 106 Å². The van der Waals surface area contributed by atoms with Crippen LogP contribution in [0.25, 0.3) is 0 Å². The molecule has 0 saturated heterocycles. The highest BCUT2D eigenvalue weighted by Gasteiger charge is 2.24. The van der Waals surface area contributed by atoms with E-state index in [1.165, 1.54) is 0 Å². The Kier molecular flexibility index (Phi) is 4.53. The third-order valence-corrected chi connectivity index (χ3v) is 2.97. The number of rotatable bonds is 5. The van der Waals surface area contributed by atoms with Crippen molar-refractivity contribution in [1.82, 2.24) is 5.32 Å². The fourth-order valence-electron chi connectivity index (χ4n) is 1.90. The van der Waals surface area contributed by atoms with E-state index in [0.29, 0.717) is 29.9 Å². The summed E-state index contributed by atoms with van der Waals surface area (Å²) >= 11 is 0. The summed E-state index contributed by atoms with van der Waals surface area (Å²) in [5.74, 6) is -0.202. The van der Waals surface area contributed by atoms with Crippen molar-refractivity contribution in [2.75, 3.05) is 0 Å². The molecule has 1 amide bonds. The van der Waals surface area contributed by atoms with E-state index in [4.69, 9.17) is 9.52 Å². The number of carboxylic acids is 1. The van der Waals surface area contributed by atoms with Gasteiger partial charge in [0, 0.05) is 5.56 Å². The molecular formula is C13H19NO4. The fraction of sp³-hybridized carbons (Fsp3) is 0.538. The maximum Gasteiger partial charge on any atom is 0.326 e. The molecule has 0 aliphatic rings. The van der Waals surface area contributed by atoms with Gasteiger partial charge in [-0.05, 0) is 27.2 Å². The lowest BCUT2D eigenvalue weighted by Gasteiger charge is -2.13. The Balaban J connectivity index is 2.90. The van der Waals surface area contributed by atoms with Crippen molar-refractivity contribution >= 4 is 11.9 Å². The van der Waals surface area contributed by atoms with Gasteiger partial charge in [-0.2, -0.15) is 0 Å². The summed E-state index contributed by atoms with van der Waals surface area (Å²) in [6.07, 6.45) is 1.11. The van der Waals surface area contributed by atoms with E-state index in [-0.39, 0.29) is 5.91 Å². The minimum atomic E-state index is -1.01. The van der Waals surface area contributed by atoms with E-state index in [1.54, 1.807) is 20.8 Å². The van der Waals surface area contributed by atoms with Gasteiger partial charge in [0.1, 0.15) is 17.6 Å². The maximum absolute atomic E-state index is 12.1. The van der Waals surface area contributed by atoms with Crippen LogP contribution in [0, 0.1) is 20.8 Å². The van der Waals surface area contributed by atoms with Gasteiger partial charge in [0.2, 0.25) is 0 Å². The summed E-state index contributed by atoms with van der Waals surface area (Å²) in [4.78, 5) is 23.0. The van der Waals surface area contributed by atoms with Crippen LogP contribution in [0.2, 0.25) is 0 Å². The standard InChI is InChI=1S/C13H19NO4/c1-5-6-10(13(16)17)14-12(15)11-7(2)8(3)18-9(11)4/h10H,5-6H2,1-4H3,(H,14,15)(H,16,17). The van der Waals surface area contributed by atoms with Gasteiger partial charge in [0.25, 0.3) is 5.91 Å². The lowest BCUT2D eigenvalue weighted by Crippen LogP contribution is -2.40. The maximum atomic E-state index is 12.1. The largest absolute Gasteiger partial charge is 0.480 e. The Bertz CT molecular complexity index is 462. The number of carbonyl (C=O) groups excluding carboxylic acids is 1. The van der Waals surface area contributed by atoms with Gasteiger partial charge in [0.05, 0.1) is 5.56 Å². The highest BCUT2D eigenvalue weighted by Crippen LogP contribution is 2.20. The summed E-state index contributed by atoms with van der Waals surface area (Å²) in [6, 6.07) is -0.850. The van der Waals surface area contributed by atoms with Crippen molar-refractivity contribution in [2.24, 2.45) is 0 Å². The number of carbonyl (C=O) groups is 2. The average Bonchev–Trinajstić information content (AvgIpc) is 2.52. The number of aryl methyl sites for hydroxylation is 2. The fourth-order valence-corrected chi connectivity index (χ4v) is 1.90. The molecule has 5 nitrogen and oxygen atoms in total. The molecule has 100 valence electrons. The molecule has 0 saturated carbocycles. The van der Waals surface area contributed by atoms with Crippen molar-refractivity contribution in [2.45, 2.75) is 46.6 Å². The van der Waals surface area contributed by atoms with Crippen molar-refractivity contribution < 1.29 is 19.1 Å². The topological polar surface area (TPSA) is 79.5 Å². The van der Waals surface area contributed by atoms with Gasteiger partial charge in [0.15, 0.2) is 0 Å². The van der Waals surface area contributed by atoms with Crippen LogP contribution in [0.4, 0.5) is 0 Å². The second-order valence-corrected chi connectivity index (χ2v) is 4.37. The van der Waals surface area contributed by atoms with Crippen LogP contribution in [0.15, 0.2) is 4.42 Å². The summed E-state index contributed by atoms with van der Waals surface area (Å²) in [7, 11) is 0. The third-order valence-electron chi connectivity index (χ3n) is 2.97. The zero-order chi connectivity index (χ0) is 13.9. The molecule has 1 atom stereocenters. The van der Waals surface area contributed by atoms with Crippen LogP contribution in [0.5, 0.6) is 0 Å². The molecular weight excluding hydrogens is 234 g/mol. The average molecular weight is 253 g/mol. The first-order valence-corrected chi connectivity index (χ1v) is 5.98. The van der Waals surface area contributed by atoms with Gasteiger partial charge >= 0.3 is 5.97 Å². The molecule has 18 heavy (non-hydrogen) atoms. The van der Waals surface area contributed by atoms with E-state index < -0.39 is 12.0 Å². The van der Waals surface area contributed by atoms with Crippen molar-refractivity contribution in [1.29, 1.82) is 0 Å². The summed E-state index contributed by atoms with van der Waals surface area (Å²) in [6.45, 7) is 7.14. The minimum absolute atomic E-state index is 0.386. The van der Waals surface area contributed by atoms with Crippen LogP contribution in [0.3, 0.4) is 0 Å². The molecule has 0 spiro atoms. The van der Waals surface area contributed by atoms with E-state index in [1.807, 2.05) is 6.92 Å². The number of carboxylic acid groups (broad SMARTS) is 1. The van der Waals surface area contributed by atoms with Crippen LogP contribution < -0.4 is 5.32 Å². The van der Waals surface area contributed by atoms with Gasteiger partial charge < -0.3 is 14.8 Å². The van der Waals surface area contributed by atoms with Crippen molar-refractivity contribution in [3.8, 4) is 0 Å². The molecule has 0 aliphatic carbocycles. The van der Waals surface area contributed by atoms with E-state index >= 15 is 0 Å². The molecule has 0 aliphatic heterocycles. The number of furan rings is 1. The zero-order valence-corrected chi connectivity index (χ0v) is 11.2. The number of hydrogen-bond donors (Lipinski definition) is 2. The first kappa shape index (κ1) is 14.3. The van der Waals surface area contributed by atoms with Crippen LogP contribution >= 0.6 is 0 Å². The lowest BCUT2D eigenvalue weighted by molar-refractivity contribution is -0.139. The Morgan fingerprint density at radius 2 is 1.89 bits per heavy atom. The van der Waals surface area contributed by atoms with E-state index in [9.17, 15) is 9.59 Å². The predicted molar refractivity (Wildman–Crippen MR) is 66.7 cm³/mol. The van der Waals surface area contributed by atoms with Crippen LogP contribution in [-0.4, -0.2) is 23.0 Å². The van der Waals surface area contributed by atoms with Crippen LogP contribution in [-0.2, 0) is 4.79 Å². The highest BCUT2D eigenvalue weighted by molar-refractivity contribution is 5.98. The predicted octanol–water partition coefficient (Wildman–Crippen LogP) is 2.19. The smallest absolute Gasteiger partial charge is 0.326 e. The molecule has 0 bridgehead atoms. The summed E-state index contributed by atoms with van der Waals surface area (Å²) in [5, 5.41) is 11.5. The number of nitrogens with one attached hydrogen (secondary N) is 1. The van der Waals surface area contributed by atoms with E-state index in [2.05, 4.69) is 5.32 Å². The van der Waals surface area contributed by atoms with Gasteiger partial charge in [-0.15, -0.1) is 0 Å². The Hall–Kier alpha value is -1.78. The molecule has 5 heteroatoms. The summed E-state index contributed by atoms with van der Waals surface area (Å²) < 4.78 is 5.36. The first-order valence-electron chi connectivity index (χ1n) is 5.98. The normalized spacial score (nSPS) is 12.2. The molecule has 0 fully saturated rings. The second kappa shape index (κ2) is 5.71. The Morgan fingerprint density at radius 3 is 2.28 bits per heavy atom. The number of hydrogen-bond acceptors (Lipinski definition) is 3. The minimum Gasteiger partial charge on any atom is -0.480 e. The van der Waals surface area contributed by atoms with Crippen LogP contribution in [0.1, 0.15) is 47.2 Å². The molecule has 1 aromatic rings. The molecule has 2 N–H and O–H groups in total. The second-order valence-electron chi connectivity index (χ2n) is 4.37. The lowest BCUT2D eigenvalue weighted by atomic mass is 10.1. The molecule has 1 unspecified atom stereocenters. The first-order chi connectivity index (χ1) is 8.38. The zero-order valence-electron chi connectivity index (χ0n) is 11.2. The van der Waals surface area contributed by atoms with Gasteiger partial charge in [-0.3, -0.25) is 4.79 Å². The molecule has 1 rings (SSSR count). The summed E-state index contributed by atoms with van der Waals surface area (Å²) in [5.41, 5.74) is 1.19. The molecule has 1 aromatic heterocycles. The Morgan fingerprint density at radius 1 is 1.28 bits per heavy atom. The highest BCUT2D eigenvalue weighted by atomic mass is 16.4. The molecule has 0 aromatic carbocycles. The molecule has 0 radical (unpaired) electrons. The quantitative estimate of drug-likeness (QED) is 0.843. The van der Waals surface area contributed by atoms with Crippen molar-refractivity contribution in [3.63, 3.8) is 0 Å². The third kappa shape index (κ3) is 2.91. The number of aliphatic carboxylic acids is 1. The molecule has 1 heterocycles. The SMILES string of the molecule is CCCC(NC(=O)c1c(C)oc(C)c1C)C(=O)O. The number of amides is 1. The van der Waals surface area contributed by atoms with Gasteiger partial charge in [-0.25, -0.2) is 4.79 Å².